The fourth-order valence-electron chi connectivity index (χ4n) is 2.08. The van der Waals surface area contributed by atoms with Crippen LogP contribution >= 0.6 is 27.3 Å². The van der Waals surface area contributed by atoms with Gasteiger partial charge < -0.3 is 4.74 Å². The van der Waals surface area contributed by atoms with E-state index in [0.29, 0.717) is 5.56 Å². The second-order valence-corrected chi connectivity index (χ2v) is 6.13. The molecule has 0 bridgehead atoms. The lowest BCUT2D eigenvalue weighted by Gasteiger charge is -2.05. The summed E-state index contributed by atoms with van der Waals surface area (Å²) in [5.41, 5.74) is 0.700. The summed E-state index contributed by atoms with van der Waals surface area (Å²) >= 11 is 4.85. The zero-order chi connectivity index (χ0) is 14.1. The van der Waals surface area contributed by atoms with Crippen molar-refractivity contribution in [1.82, 2.24) is 0 Å². The minimum atomic E-state index is 0.0459. The number of hydrogen-bond acceptors (Lipinski definition) is 3. The van der Waals surface area contributed by atoms with Crippen LogP contribution in [0, 0.1) is 0 Å². The Morgan fingerprint density at radius 3 is 2.55 bits per heavy atom. The molecule has 0 amide bonds. The molecule has 0 fully saturated rings. The Bertz CT molecular complexity index is 792. The third-order valence-electron chi connectivity index (χ3n) is 3.13. The summed E-state index contributed by atoms with van der Waals surface area (Å²) in [6.07, 6.45) is 0. The van der Waals surface area contributed by atoms with Crippen molar-refractivity contribution in [1.29, 1.82) is 0 Å². The van der Waals surface area contributed by atoms with Crippen LogP contribution in [0.2, 0.25) is 0 Å². The van der Waals surface area contributed by atoms with E-state index in [1.54, 1.807) is 7.11 Å². The smallest absolute Gasteiger partial charge is 0.204 e. The molecule has 0 aliphatic heterocycles. The van der Waals surface area contributed by atoms with Gasteiger partial charge >= 0.3 is 0 Å². The molecule has 1 aromatic heterocycles. The van der Waals surface area contributed by atoms with Crippen molar-refractivity contribution >= 4 is 43.8 Å². The number of hydrogen-bond donors (Lipinski definition) is 0. The van der Waals surface area contributed by atoms with Crippen molar-refractivity contribution in [3.8, 4) is 5.75 Å². The maximum absolute atomic E-state index is 12.5. The maximum atomic E-state index is 12.5. The highest BCUT2D eigenvalue weighted by Crippen LogP contribution is 2.27. The largest absolute Gasteiger partial charge is 0.497 e. The van der Waals surface area contributed by atoms with E-state index in [1.165, 1.54) is 11.3 Å². The molecule has 2 nitrogen and oxygen atoms in total. The summed E-state index contributed by atoms with van der Waals surface area (Å²) in [4.78, 5) is 13.2. The predicted molar refractivity (Wildman–Crippen MR) is 86.0 cm³/mol. The molecule has 4 heteroatoms. The molecule has 0 aliphatic carbocycles. The van der Waals surface area contributed by atoms with Crippen LogP contribution in [0.25, 0.3) is 10.8 Å². The lowest BCUT2D eigenvalue weighted by molar-refractivity contribution is 0.104. The number of rotatable bonds is 3. The van der Waals surface area contributed by atoms with Crippen LogP contribution in [-0.4, -0.2) is 12.9 Å². The maximum Gasteiger partial charge on any atom is 0.204 e. The fraction of sp³-hybridized carbons (Fsp3) is 0.0625. The lowest BCUT2D eigenvalue weighted by atomic mass is 10.0. The van der Waals surface area contributed by atoms with Crippen molar-refractivity contribution in [2.75, 3.05) is 7.11 Å². The molecule has 20 heavy (non-hydrogen) atoms. The summed E-state index contributed by atoms with van der Waals surface area (Å²) in [5, 5.41) is 4.00. The summed E-state index contributed by atoms with van der Waals surface area (Å²) in [5.74, 6) is 0.863. The van der Waals surface area contributed by atoms with E-state index in [0.717, 1.165) is 25.9 Å². The number of carbonyl (C=O) groups is 1. The van der Waals surface area contributed by atoms with Crippen molar-refractivity contribution in [2.45, 2.75) is 0 Å². The normalized spacial score (nSPS) is 10.7. The molecule has 0 spiro atoms. The lowest BCUT2D eigenvalue weighted by Crippen LogP contribution is -1.99. The quantitative estimate of drug-likeness (QED) is 0.630. The average Bonchev–Trinajstić information content (AvgIpc) is 2.91. The third-order valence-corrected chi connectivity index (χ3v) is 4.97. The van der Waals surface area contributed by atoms with E-state index in [1.807, 2.05) is 47.8 Å². The molecule has 3 aromatic rings. The Morgan fingerprint density at radius 2 is 1.85 bits per heavy atom. The molecular weight excluding hydrogens is 336 g/mol. The van der Waals surface area contributed by atoms with E-state index in [9.17, 15) is 4.79 Å². The van der Waals surface area contributed by atoms with Crippen LogP contribution in [0.1, 0.15) is 15.2 Å². The number of ether oxygens (including phenoxy) is 1. The van der Waals surface area contributed by atoms with Crippen LogP contribution in [-0.2, 0) is 0 Å². The number of ketones is 1. The Labute approximate surface area is 129 Å². The molecule has 0 N–H and O–H groups in total. The second-order valence-electron chi connectivity index (χ2n) is 4.35. The Morgan fingerprint density at radius 1 is 1.10 bits per heavy atom. The van der Waals surface area contributed by atoms with Crippen molar-refractivity contribution in [2.24, 2.45) is 0 Å². The highest BCUT2D eigenvalue weighted by Gasteiger charge is 2.14. The molecule has 0 saturated heterocycles. The van der Waals surface area contributed by atoms with Gasteiger partial charge in [0.1, 0.15) is 5.75 Å². The number of fused-ring (bicyclic) bond motifs is 1. The van der Waals surface area contributed by atoms with Gasteiger partial charge in [-0.3, -0.25) is 4.79 Å². The van der Waals surface area contributed by atoms with E-state index >= 15 is 0 Å². The molecule has 0 radical (unpaired) electrons. The van der Waals surface area contributed by atoms with Gasteiger partial charge in [-0.15, -0.1) is 11.3 Å². The summed E-state index contributed by atoms with van der Waals surface area (Å²) in [6.45, 7) is 0. The molecule has 2 aromatic carbocycles. The van der Waals surface area contributed by atoms with Gasteiger partial charge in [-0.25, -0.2) is 0 Å². The summed E-state index contributed by atoms with van der Waals surface area (Å²) in [7, 11) is 1.65. The van der Waals surface area contributed by atoms with E-state index in [2.05, 4.69) is 15.9 Å². The Kier molecular flexibility index (Phi) is 3.59. The van der Waals surface area contributed by atoms with Gasteiger partial charge in [0.25, 0.3) is 0 Å². The van der Waals surface area contributed by atoms with Crippen LogP contribution in [0.15, 0.2) is 52.3 Å². The third kappa shape index (κ3) is 2.37. The number of thiophene rings is 1. The molecule has 0 unspecified atom stereocenters. The van der Waals surface area contributed by atoms with E-state index in [4.69, 9.17) is 4.74 Å². The van der Waals surface area contributed by atoms with Gasteiger partial charge in [-0.2, -0.15) is 0 Å². The minimum Gasteiger partial charge on any atom is -0.497 e. The van der Waals surface area contributed by atoms with Gasteiger partial charge in [0, 0.05) is 10.0 Å². The summed E-state index contributed by atoms with van der Waals surface area (Å²) < 4.78 is 6.05. The minimum absolute atomic E-state index is 0.0459. The topological polar surface area (TPSA) is 26.3 Å². The van der Waals surface area contributed by atoms with Crippen LogP contribution < -0.4 is 4.74 Å². The number of methoxy groups -OCH3 is 1. The van der Waals surface area contributed by atoms with Gasteiger partial charge in [0.2, 0.25) is 5.78 Å². The first-order chi connectivity index (χ1) is 9.69. The monoisotopic (exact) mass is 346 g/mol. The Balaban J connectivity index is 2.05. The molecular formula is C16H11BrO2S. The molecule has 0 saturated carbocycles. The van der Waals surface area contributed by atoms with E-state index < -0.39 is 0 Å². The van der Waals surface area contributed by atoms with Crippen LogP contribution in [0.4, 0.5) is 0 Å². The first kappa shape index (κ1) is 13.3. The number of carbonyl (C=O) groups excluding carboxylic acids is 1. The standard InChI is InChI=1S/C16H11BrO2S/c1-19-13-5-4-10-8-12(3-2-11(10)9-13)15(18)16-14(17)6-7-20-16/h2-9H,1H3. The highest BCUT2D eigenvalue weighted by molar-refractivity contribution is 9.10. The number of benzene rings is 2. The summed E-state index contributed by atoms with van der Waals surface area (Å²) in [6, 6.07) is 13.5. The van der Waals surface area contributed by atoms with E-state index in [-0.39, 0.29) is 5.78 Å². The average molecular weight is 347 g/mol. The SMILES string of the molecule is COc1ccc2cc(C(=O)c3sccc3Br)ccc2c1. The van der Waals surface area contributed by atoms with Gasteiger partial charge in [-0.05, 0) is 56.3 Å². The van der Waals surface area contributed by atoms with Gasteiger partial charge in [-0.1, -0.05) is 18.2 Å². The predicted octanol–water partition coefficient (Wildman–Crippen LogP) is 4.90. The molecule has 0 atom stereocenters. The molecule has 1 heterocycles. The first-order valence-corrected chi connectivity index (χ1v) is 7.72. The molecule has 3 rings (SSSR count). The van der Waals surface area contributed by atoms with Crippen LogP contribution in [0.5, 0.6) is 5.75 Å². The van der Waals surface area contributed by atoms with Crippen molar-refractivity contribution in [3.05, 3.63) is 62.8 Å². The first-order valence-electron chi connectivity index (χ1n) is 6.04. The van der Waals surface area contributed by atoms with Gasteiger partial charge in [0.15, 0.2) is 0 Å². The fourth-order valence-corrected chi connectivity index (χ4v) is 3.59. The Hall–Kier alpha value is -1.65. The molecule has 100 valence electrons. The van der Waals surface area contributed by atoms with Crippen molar-refractivity contribution in [3.63, 3.8) is 0 Å². The second kappa shape index (κ2) is 5.38. The highest BCUT2D eigenvalue weighted by atomic mass is 79.9. The zero-order valence-electron chi connectivity index (χ0n) is 10.7. The van der Waals surface area contributed by atoms with Gasteiger partial charge in [0.05, 0.1) is 12.0 Å². The zero-order valence-corrected chi connectivity index (χ0v) is 13.1. The molecule has 0 aliphatic rings. The van der Waals surface area contributed by atoms with Crippen molar-refractivity contribution < 1.29 is 9.53 Å². The number of halogens is 1. The van der Waals surface area contributed by atoms with Crippen LogP contribution in [0.3, 0.4) is 0 Å².